The number of aromatic nitrogens is 2. The first-order valence-corrected chi connectivity index (χ1v) is 11.0. The number of aliphatic hydroxyl groups excluding tert-OH is 1. The van der Waals surface area contributed by atoms with Gasteiger partial charge >= 0.3 is 0 Å². The van der Waals surface area contributed by atoms with Gasteiger partial charge in [-0.3, -0.25) is 9.89 Å². The number of carbonyl (C=O) groups is 1. The van der Waals surface area contributed by atoms with Gasteiger partial charge in [0.15, 0.2) is 0 Å². The van der Waals surface area contributed by atoms with Crippen molar-refractivity contribution in [1.82, 2.24) is 15.1 Å². The predicted molar refractivity (Wildman–Crippen MR) is 122 cm³/mol. The highest BCUT2D eigenvalue weighted by molar-refractivity contribution is 6.00. The van der Waals surface area contributed by atoms with Crippen molar-refractivity contribution in [2.75, 3.05) is 19.8 Å². The molecule has 4 rings (SSSR count). The van der Waals surface area contributed by atoms with Crippen LogP contribution in [0.3, 0.4) is 0 Å². The average molecular weight is 436 g/mol. The van der Waals surface area contributed by atoms with E-state index in [1.54, 1.807) is 4.90 Å². The lowest BCUT2D eigenvalue weighted by atomic mass is 9.94. The molecule has 7 heteroatoms. The van der Waals surface area contributed by atoms with Gasteiger partial charge in [0, 0.05) is 17.7 Å². The number of hydrogen-bond acceptors (Lipinski definition) is 5. The summed E-state index contributed by atoms with van der Waals surface area (Å²) < 4.78 is 5.89. The van der Waals surface area contributed by atoms with Crippen LogP contribution in [0.2, 0.25) is 0 Å². The summed E-state index contributed by atoms with van der Waals surface area (Å²) in [5, 5.41) is 27.7. The summed E-state index contributed by atoms with van der Waals surface area (Å²) >= 11 is 0. The lowest BCUT2D eigenvalue weighted by molar-refractivity contribution is 0.0706. The van der Waals surface area contributed by atoms with E-state index in [-0.39, 0.29) is 24.8 Å². The highest BCUT2D eigenvalue weighted by atomic mass is 16.5. The molecule has 1 amide bonds. The molecule has 168 valence electrons. The SMILES string of the molecule is CCCCOc1cccc(C2c3c(-c4cc(C)cc(C)c4O)n[nH]c3C(=O)N2CCO)c1. The van der Waals surface area contributed by atoms with Crippen molar-refractivity contribution in [3.8, 4) is 22.8 Å². The number of aromatic hydroxyl groups is 1. The molecular weight excluding hydrogens is 406 g/mol. The van der Waals surface area contributed by atoms with Crippen LogP contribution in [0.15, 0.2) is 36.4 Å². The van der Waals surface area contributed by atoms with Gasteiger partial charge in [-0.15, -0.1) is 0 Å². The van der Waals surface area contributed by atoms with Crippen LogP contribution in [0.4, 0.5) is 0 Å². The normalized spacial score (nSPS) is 15.3. The number of aliphatic hydroxyl groups is 1. The minimum absolute atomic E-state index is 0.147. The molecule has 1 unspecified atom stereocenters. The van der Waals surface area contributed by atoms with Crippen molar-refractivity contribution < 1.29 is 19.7 Å². The molecule has 1 aliphatic heterocycles. The van der Waals surface area contributed by atoms with Gasteiger partial charge in [0.1, 0.15) is 22.9 Å². The van der Waals surface area contributed by atoms with E-state index in [0.717, 1.165) is 35.3 Å². The maximum absolute atomic E-state index is 13.2. The number of amides is 1. The third-order valence-corrected chi connectivity index (χ3v) is 5.85. The fourth-order valence-corrected chi connectivity index (χ4v) is 4.34. The molecule has 0 saturated carbocycles. The highest BCUT2D eigenvalue weighted by Crippen LogP contribution is 2.45. The van der Waals surface area contributed by atoms with Crippen LogP contribution in [-0.4, -0.2) is 51.0 Å². The first-order valence-electron chi connectivity index (χ1n) is 11.0. The Kier molecular flexibility index (Phi) is 6.19. The summed E-state index contributed by atoms with van der Waals surface area (Å²) in [4.78, 5) is 14.8. The number of β-amino-alcohol motifs (C(OH)–C–C–N with tert-alkyl or cyclic N) is 1. The monoisotopic (exact) mass is 435 g/mol. The summed E-state index contributed by atoms with van der Waals surface area (Å²) in [6, 6.07) is 11.0. The van der Waals surface area contributed by atoms with Gasteiger partial charge in [0.25, 0.3) is 5.91 Å². The molecule has 1 aromatic heterocycles. The number of fused-ring (bicyclic) bond motifs is 1. The standard InChI is InChI=1S/C25H29N3O4/c1-4-5-11-32-18-8-6-7-17(14-18)23-20-21(19-13-15(2)12-16(3)24(19)30)26-27-22(20)25(31)28(23)9-10-29/h6-8,12-14,23,29-30H,4-5,9-11H2,1-3H3,(H,26,27). The van der Waals surface area contributed by atoms with E-state index in [1.807, 2.05) is 50.2 Å². The number of H-pyrrole nitrogens is 1. The quantitative estimate of drug-likeness (QED) is 0.463. The van der Waals surface area contributed by atoms with E-state index >= 15 is 0 Å². The van der Waals surface area contributed by atoms with Gasteiger partial charge < -0.3 is 19.8 Å². The molecular formula is C25H29N3O4. The van der Waals surface area contributed by atoms with Crippen molar-refractivity contribution in [2.24, 2.45) is 0 Å². The molecule has 2 heterocycles. The first kappa shape index (κ1) is 21.9. The van der Waals surface area contributed by atoms with Crippen molar-refractivity contribution in [1.29, 1.82) is 0 Å². The molecule has 3 N–H and O–H groups in total. The molecule has 1 aliphatic rings. The zero-order valence-corrected chi connectivity index (χ0v) is 18.7. The number of nitrogens with one attached hydrogen (secondary N) is 1. The van der Waals surface area contributed by atoms with Gasteiger partial charge in [-0.1, -0.05) is 31.5 Å². The van der Waals surface area contributed by atoms with Crippen LogP contribution >= 0.6 is 0 Å². The Labute approximate surface area is 187 Å². The fraction of sp³-hybridized carbons (Fsp3) is 0.360. The van der Waals surface area contributed by atoms with Crippen molar-refractivity contribution >= 4 is 5.91 Å². The van der Waals surface area contributed by atoms with Gasteiger partial charge in [-0.05, 0) is 55.2 Å². The second-order valence-corrected chi connectivity index (χ2v) is 8.24. The molecule has 2 aromatic carbocycles. The van der Waals surface area contributed by atoms with E-state index in [0.29, 0.717) is 29.1 Å². The molecule has 0 spiro atoms. The number of hydrogen-bond donors (Lipinski definition) is 3. The second kappa shape index (κ2) is 9.04. The van der Waals surface area contributed by atoms with Gasteiger partial charge in [-0.25, -0.2) is 0 Å². The summed E-state index contributed by atoms with van der Waals surface area (Å²) in [5.41, 5.74) is 4.82. The molecule has 0 radical (unpaired) electrons. The number of nitrogens with zero attached hydrogens (tertiary/aromatic N) is 2. The molecule has 1 atom stereocenters. The topological polar surface area (TPSA) is 98.7 Å². The highest BCUT2D eigenvalue weighted by Gasteiger charge is 2.42. The largest absolute Gasteiger partial charge is 0.507 e. The molecule has 32 heavy (non-hydrogen) atoms. The Balaban J connectivity index is 1.84. The van der Waals surface area contributed by atoms with E-state index in [4.69, 9.17) is 4.74 Å². The number of phenolic OH excluding ortho intramolecular Hbond substituents is 1. The minimum Gasteiger partial charge on any atom is -0.507 e. The van der Waals surface area contributed by atoms with Crippen LogP contribution in [-0.2, 0) is 0 Å². The summed E-state index contributed by atoms with van der Waals surface area (Å²) in [6.45, 7) is 6.57. The second-order valence-electron chi connectivity index (χ2n) is 8.24. The van der Waals surface area contributed by atoms with E-state index in [1.165, 1.54) is 0 Å². The minimum atomic E-state index is -0.451. The van der Waals surface area contributed by atoms with E-state index in [9.17, 15) is 15.0 Å². The van der Waals surface area contributed by atoms with Crippen LogP contribution in [0.1, 0.15) is 58.5 Å². The lowest BCUT2D eigenvalue weighted by Crippen LogP contribution is -2.32. The maximum atomic E-state index is 13.2. The van der Waals surface area contributed by atoms with Gasteiger partial charge in [0.2, 0.25) is 0 Å². The number of unbranched alkanes of at least 4 members (excludes halogenated alkanes) is 1. The molecule has 7 nitrogen and oxygen atoms in total. The Morgan fingerprint density at radius 3 is 2.78 bits per heavy atom. The summed E-state index contributed by atoms with van der Waals surface area (Å²) in [5.74, 6) is 0.660. The fourth-order valence-electron chi connectivity index (χ4n) is 4.34. The predicted octanol–water partition coefficient (Wildman–Crippen LogP) is 4.12. The molecule has 0 bridgehead atoms. The lowest BCUT2D eigenvalue weighted by Gasteiger charge is -2.26. The number of rotatable bonds is 8. The van der Waals surface area contributed by atoms with Crippen LogP contribution in [0.25, 0.3) is 11.3 Å². The van der Waals surface area contributed by atoms with E-state index in [2.05, 4.69) is 17.1 Å². The Morgan fingerprint density at radius 1 is 1.22 bits per heavy atom. The smallest absolute Gasteiger partial charge is 0.273 e. The molecule has 0 saturated heterocycles. The van der Waals surface area contributed by atoms with Crippen LogP contribution in [0, 0.1) is 13.8 Å². The van der Waals surface area contributed by atoms with Crippen molar-refractivity contribution in [3.05, 3.63) is 64.3 Å². The van der Waals surface area contributed by atoms with Crippen molar-refractivity contribution in [3.63, 3.8) is 0 Å². The Hall–Kier alpha value is -3.32. The number of aryl methyl sites for hydroxylation is 2. The summed E-state index contributed by atoms with van der Waals surface area (Å²) in [7, 11) is 0. The molecule has 0 fully saturated rings. The number of benzene rings is 2. The Morgan fingerprint density at radius 2 is 2.03 bits per heavy atom. The van der Waals surface area contributed by atoms with Crippen molar-refractivity contribution in [2.45, 2.75) is 39.7 Å². The summed E-state index contributed by atoms with van der Waals surface area (Å²) in [6.07, 6.45) is 2.01. The van der Waals surface area contributed by atoms with Crippen LogP contribution < -0.4 is 4.74 Å². The number of carbonyl (C=O) groups excluding carboxylic acids is 1. The zero-order valence-electron chi connectivity index (χ0n) is 18.7. The third-order valence-electron chi connectivity index (χ3n) is 5.85. The van der Waals surface area contributed by atoms with Gasteiger partial charge in [0.05, 0.1) is 19.3 Å². The zero-order chi connectivity index (χ0) is 22.8. The first-order chi connectivity index (χ1) is 15.5. The maximum Gasteiger partial charge on any atom is 0.273 e. The van der Waals surface area contributed by atoms with Gasteiger partial charge in [-0.2, -0.15) is 5.10 Å². The Bertz CT molecular complexity index is 1140. The van der Waals surface area contributed by atoms with Crippen LogP contribution in [0.5, 0.6) is 11.5 Å². The average Bonchev–Trinajstić information content (AvgIpc) is 3.31. The number of phenols is 1. The third kappa shape index (κ3) is 3.84. The number of aromatic amines is 1. The molecule has 3 aromatic rings. The number of ether oxygens (including phenoxy) is 1. The van der Waals surface area contributed by atoms with E-state index < -0.39 is 6.04 Å². The molecule has 0 aliphatic carbocycles.